The Morgan fingerprint density at radius 1 is 0.719 bits per heavy atom. The average molecular weight is 818 g/mol. The zero-order valence-corrected chi connectivity index (χ0v) is 35.2. The molecule has 4 aromatic rings. The Morgan fingerprint density at radius 2 is 1.18 bits per heavy atom. The van der Waals surface area contributed by atoms with Gasteiger partial charge in [-0.3, -0.25) is 19.9 Å². The molecule has 2 amide bonds. The summed E-state index contributed by atoms with van der Waals surface area (Å²) < 4.78 is 30.0. The smallest absolute Gasteiger partial charge is 0.415 e. The van der Waals surface area contributed by atoms with Gasteiger partial charge in [0.2, 0.25) is 5.82 Å². The minimum Gasteiger partial charge on any atom is -0.495 e. The van der Waals surface area contributed by atoms with Gasteiger partial charge in [0.15, 0.2) is 0 Å². The second kappa shape index (κ2) is 22.9. The molecule has 0 saturated carbocycles. The van der Waals surface area contributed by atoms with E-state index in [1.165, 1.54) is 31.3 Å². The summed E-state index contributed by atoms with van der Waals surface area (Å²) in [5, 5.41) is 14.4. The van der Waals surface area contributed by atoms with E-state index in [1.807, 2.05) is 20.8 Å². The standard InChI is InChI=1S/C12H17N3O5.C12H18N2O3.C7H11N3O.C6H6ClNO/c1-12(2,3)20-11(16)14(4)10-9(15(17)18)6-8(19-5)7-13-10;1-12(2,3)17-11(15)14(4)10-7-6-9(16-5)8-13-10;1-9-7-6(8)3-5(11-2)4-10-7;1-9-5-2-3-6(7)8-4-5/h6-7H,1-5H3;6-8H,1-5H3;3-4H,8H2,1-2H3,(H,9,10);2-4H,1H3. The maximum absolute atomic E-state index is 11.9. The van der Waals surface area contributed by atoms with Crippen LogP contribution in [0.2, 0.25) is 5.15 Å². The van der Waals surface area contributed by atoms with Crippen molar-refractivity contribution < 1.29 is 42.9 Å². The Hall–Kier alpha value is -6.37. The summed E-state index contributed by atoms with van der Waals surface area (Å²) in [4.78, 5) is 52.2. The minimum atomic E-state index is -0.724. The van der Waals surface area contributed by atoms with Crippen molar-refractivity contribution in [3.05, 3.63) is 76.5 Å². The zero-order valence-electron chi connectivity index (χ0n) is 34.4. The summed E-state index contributed by atoms with van der Waals surface area (Å²) in [6, 6.07) is 9.80. The van der Waals surface area contributed by atoms with Gasteiger partial charge in [-0.1, -0.05) is 11.6 Å². The first kappa shape index (κ1) is 48.6. The molecule has 20 heteroatoms. The van der Waals surface area contributed by atoms with Crippen LogP contribution in [0.5, 0.6) is 23.0 Å². The number of anilines is 4. The molecule has 3 N–H and O–H groups in total. The van der Waals surface area contributed by atoms with Crippen LogP contribution in [0, 0.1) is 10.1 Å². The molecule has 0 aliphatic heterocycles. The number of ether oxygens (including phenoxy) is 6. The van der Waals surface area contributed by atoms with Gasteiger partial charge in [0, 0.05) is 27.2 Å². The van der Waals surface area contributed by atoms with E-state index in [-0.39, 0.29) is 17.3 Å². The van der Waals surface area contributed by atoms with Crippen LogP contribution in [0.25, 0.3) is 0 Å². The number of nitrogens with one attached hydrogen (secondary N) is 1. The summed E-state index contributed by atoms with van der Waals surface area (Å²) in [7, 11) is 10.8. The first-order chi connectivity index (χ1) is 26.6. The van der Waals surface area contributed by atoms with E-state index in [0.717, 1.165) is 10.6 Å². The number of nitrogens with zero attached hydrogens (tertiary/aromatic N) is 7. The van der Waals surface area contributed by atoms with Crippen molar-refractivity contribution in [2.24, 2.45) is 0 Å². The van der Waals surface area contributed by atoms with E-state index in [2.05, 4.69) is 25.3 Å². The van der Waals surface area contributed by atoms with Gasteiger partial charge in [-0.25, -0.2) is 29.5 Å². The Labute approximate surface area is 337 Å². The quantitative estimate of drug-likeness (QED) is 0.101. The number of aromatic nitrogens is 4. The lowest BCUT2D eigenvalue weighted by Crippen LogP contribution is -2.34. The van der Waals surface area contributed by atoms with Crippen LogP contribution in [0.15, 0.2) is 61.2 Å². The molecule has 312 valence electrons. The number of nitro groups is 1. The number of hydrogen-bond acceptors (Lipinski definition) is 16. The molecule has 0 aliphatic carbocycles. The Bertz CT molecular complexity index is 1870. The van der Waals surface area contributed by atoms with Crippen molar-refractivity contribution in [3.63, 3.8) is 0 Å². The number of halogens is 1. The number of rotatable bonds is 8. The molecule has 0 unspecified atom stereocenters. The zero-order chi connectivity index (χ0) is 43.5. The van der Waals surface area contributed by atoms with Crippen molar-refractivity contribution in [2.45, 2.75) is 52.7 Å². The lowest BCUT2D eigenvalue weighted by Gasteiger charge is -2.24. The number of nitrogen functional groups attached to an aromatic ring is 1. The molecule has 57 heavy (non-hydrogen) atoms. The molecule has 0 fully saturated rings. The highest BCUT2D eigenvalue weighted by molar-refractivity contribution is 6.29. The maximum atomic E-state index is 11.9. The van der Waals surface area contributed by atoms with E-state index in [4.69, 9.17) is 45.8 Å². The van der Waals surface area contributed by atoms with E-state index >= 15 is 0 Å². The Kier molecular flexibility index (Phi) is 19.5. The predicted octanol–water partition coefficient (Wildman–Crippen LogP) is 7.29. The van der Waals surface area contributed by atoms with Crippen LogP contribution >= 0.6 is 11.6 Å². The summed E-state index contributed by atoms with van der Waals surface area (Å²) in [6.07, 6.45) is 4.87. The van der Waals surface area contributed by atoms with E-state index in [9.17, 15) is 19.7 Å². The highest BCUT2D eigenvalue weighted by Gasteiger charge is 2.28. The topological polar surface area (TPSA) is 229 Å². The third kappa shape index (κ3) is 17.8. The van der Waals surface area contributed by atoms with Gasteiger partial charge in [-0.15, -0.1) is 0 Å². The number of hydrogen-bond donors (Lipinski definition) is 2. The van der Waals surface area contributed by atoms with Crippen molar-refractivity contribution in [1.29, 1.82) is 0 Å². The van der Waals surface area contributed by atoms with Crippen molar-refractivity contribution >= 4 is 52.6 Å². The fourth-order valence-corrected chi connectivity index (χ4v) is 3.84. The number of amides is 2. The van der Waals surface area contributed by atoms with Crippen LogP contribution in [0.4, 0.5) is 38.4 Å². The number of nitrogens with two attached hydrogens (primary N) is 1. The van der Waals surface area contributed by atoms with Gasteiger partial charge in [0.05, 0.1) is 69.9 Å². The van der Waals surface area contributed by atoms with Crippen molar-refractivity contribution in [3.8, 4) is 23.0 Å². The predicted molar refractivity (Wildman–Crippen MR) is 218 cm³/mol. The summed E-state index contributed by atoms with van der Waals surface area (Å²) in [6.45, 7) is 10.6. The second-order valence-corrected chi connectivity index (χ2v) is 13.6. The monoisotopic (exact) mass is 817 g/mol. The molecule has 4 heterocycles. The summed E-state index contributed by atoms with van der Waals surface area (Å²) in [5.41, 5.74) is 4.64. The van der Waals surface area contributed by atoms with E-state index in [0.29, 0.717) is 34.0 Å². The third-order valence-electron chi connectivity index (χ3n) is 6.51. The van der Waals surface area contributed by atoms with Crippen LogP contribution in [0.1, 0.15) is 41.5 Å². The maximum Gasteiger partial charge on any atom is 0.415 e. The Balaban J connectivity index is 0.000000397. The molecular formula is C37H52ClN9O10. The van der Waals surface area contributed by atoms with Gasteiger partial charge in [-0.2, -0.15) is 0 Å². The second-order valence-electron chi connectivity index (χ2n) is 13.2. The highest BCUT2D eigenvalue weighted by atomic mass is 35.5. The fraction of sp³-hybridized carbons (Fsp3) is 0.405. The van der Waals surface area contributed by atoms with Gasteiger partial charge in [0.25, 0.3) is 0 Å². The molecule has 0 aromatic carbocycles. The summed E-state index contributed by atoms with van der Waals surface area (Å²) >= 11 is 5.50. The van der Waals surface area contributed by atoms with E-state index in [1.54, 1.807) is 105 Å². The Morgan fingerprint density at radius 3 is 1.58 bits per heavy atom. The molecule has 0 bridgehead atoms. The van der Waals surface area contributed by atoms with Crippen molar-refractivity contribution in [1.82, 2.24) is 19.9 Å². The molecule has 4 aromatic heterocycles. The molecule has 0 spiro atoms. The molecular weight excluding hydrogens is 766 g/mol. The lowest BCUT2D eigenvalue weighted by molar-refractivity contribution is -0.384. The number of carbonyl (C=O) groups is 2. The third-order valence-corrected chi connectivity index (χ3v) is 6.73. The first-order valence-electron chi connectivity index (χ1n) is 16.8. The molecule has 0 radical (unpaired) electrons. The lowest BCUT2D eigenvalue weighted by atomic mass is 10.2. The van der Waals surface area contributed by atoms with E-state index < -0.39 is 28.3 Å². The van der Waals surface area contributed by atoms with Gasteiger partial charge in [0.1, 0.15) is 51.0 Å². The van der Waals surface area contributed by atoms with Gasteiger partial charge in [-0.05, 0) is 65.8 Å². The highest BCUT2D eigenvalue weighted by Crippen LogP contribution is 2.29. The summed E-state index contributed by atoms with van der Waals surface area (Å²) in [5.74, 6) is 3.35. The molecule has 4 rings (SSSR count). The van der Waals surface area contributed by atoms with Crippen LogP contribution in [-0.2, 0) is 9.47 Å². The SMILES string of the molecule is CNc1ncc(OC)cc1N.COc1ccc(Cl)nc1.COc1ccc(N(C)C(=O)OC(C)(C)C)nc1.COc1cnc(N(C)C(=O)OC(C)(C)C)c([N+](=O)[O-])c1. The number of pyridine rings is 4. The van der Waals surface area contributed by atoms with Gasteiger partial charge < -0.3 is 39.5 Å². The minimum absolute atomic E-state index is 0.106. The number of methoxy groups -OCH3 is 4. The molecule has 0 saturated heterocycles. The van der Waals surface area contributed by atoms with Crippen LogP contribution in [-0.4, -0.2) is 97.8 Å². The molecule has 19 nitrogen and oxygen atoms in total. The van der Waals surface area contributed by atoms with Crippen LogP contribution in [0.3, 0.4) is 0 Å². The van der Waals surface area contributed by atoms with Crippen molar-refractivity contribution in [2.75, 3.05) is 70.4 Å². The first-order valence-corrected chi connectivity index (χ1v) is 17.2. The molecule has 0 aliphatic rings. The fourth-order valence-electron chi connectivity index (χ4n) is 3.73. The number of carbonyl (C=O) groups excluding carboxylic acids is 2. The normalized spacial score (nSPS) is 10.3. The molecule has 0 atom stereocenters. The average Bonchev–Trinajstić information content (AvgIpc) is 3.16. The van der Waals surface area contributed by atoms with Crippen LogP contribution < -0.4 is 39.8 Å². The van der Waals surface area contributed by atoms with Gasteiger partial charge >= 0.3 is 17.9 Å². The largest absolute Gasteiger partial charge is 0.495 e.